The van der Waals surface area contributed by atoms with Crippen molar-refractivity contribution >= 4 is 95.7 Å². The lowest BCUT2D eigenvalue weighted by Crippen LogP contribution is -2.05. The smallest absolute Gasteiger partial charge is 0.305 e. The highest BCUT2D eigenvalue weighted by Gasteiger charge is 2.15. The van der Waals surface area contributed by atoms with Crippen molar-refractivity contribution in [2.75, 3.05) is 26.3 Å². The van der Waals surface area contributed by atoms with Gasteiger partial charge in [-0.05, 0) is 55.5 Å². The van der Waals surface area contributed by atoms with Crippen LogP contribution in [0.3, 0.4) is 0 Å². The maximum atomic E-state index is 11.2. The van der Waals surface area contributed by atoms with E-state index < -0.39 is 0 Å². The maximum Gasteiger partial charge on any atom is 0.305 e. The number of nitrogens with one attached hydrogen (secondary N) is 1. The number of carbonyl (C=O) groups is 2. The number of ether oxygens (including phenoxy) is 4. The summed E-state index contributed by atoms with van der Waals surface area (Å²) in [6, 6.07) is 9.60. The van der Waals surface area contributed by atoms with E-state index in [1.807, 2.05) is 24.3 Å². The van der Waals surface area contributed by atoms with E-state index in [9.17, 15) is 9.59 Å². The van der Waals surface area contributed by atoms with E-state index >= 15 is 0 Å². The maximum absolute atomic E-state index is 11.2. The van der Waals surface area contributed by atoms with Gasteiger partial charge in [-0.15, -0.1) is 22.7 Å². The molecule has 1 N–H and O–H groups in total. The number of hydrogen-bond acceptors (Lipinski definition) is 13. The quantitative estimate of drug-likeness (QED) is 0.0546. The Hall–Kier alpha value is -3.49. The first-order valence-corrected chi connectivity index (χ1v) is 19.8. The number of hydrogen-bond donors (Lipinski definition) is 1. The third kappa shape index (κ3) is 11.8. The fourth-order valence-electron chi connectivity index (χ4n) is 5.45. The number of benzene rings is 1. The first kappa shape index (κ1) is 39.7. The highest BCUT2D eigenvalue weighted by molar-refractivity contribution is 7.22. The molecule has 1 aromatic carbocycles. The third-order valence-electron chi connectivity index (χ3n) is 8.19. The van der Waals surface area contributed by atoms with E-state index in [0.717, 1.165) is 119 Å². The van der Waals surface area contributed by atoms with Gasteiger partial charge in [-0.3, -0.25) is 9.59 Å². The minimum absolute atomic E-state index is 0.148. The number of aromatic nitrogens is 4. The van der Waals surface area contributed by atoms with Gasteiger partial charge in [0.25, 0.3) is 0 Å². The van der Waals surface area contributed by atoms with Crippen LogP contribution in [0.5, 0.6) is 11.5 Å². The molecule has 278 valence electrons. The van der Waals surface area contributed by atoms with E-state index in [1.165, 1.54) is 36.9 Å². The lowest BCUT2D eigenvalue weighted by atomic mass is 10.1. The van der Waals surface area contributed by atoms with Gasteiger partial charge in [0.15, 0.2) is 11.5 Å². The predicted octanol–water partition coefficient (Wildman–Crippen LogP) is 10.0. The predicted molar refractivity (Wildman–Crippen MR) is 207 cm³/mol. The highest BCUT2D eigenvalue weighted by atomic mass is 35.5. The Labute approximate surface area is 325 Å². The summed E-state index contributed by atoms with van der Waals surface area (Å²) < 4.78 is 21.5. The number of halogens is 3. The molecule has 1 aliphatic heterocycles. The van der Waals surface area contributed by atoms with Crippen LogP contribution >= 0.6 is 57.5 Å². The Morgan fingerprint density at radius 3 is 1.90 bits per heavy atom. The average molecular weight is 809 g/mol. The number of methoxy groups -OCH3 is 2. The van der Waals surface area contributed by atoms with Crippen LogP contribution in [-0.4, -0.2) is 52.9 Å². The summed E-state index contributed by atoms with van der Waals surface area (Å²) in [6.45, 7) is 0.862. The summed E-state index contributed by atoms with van der Waals surface area (Å²) in [7, 11) is 2.83. The molecular weight excluding hydrogens is 769 g/mol. The van der Waals surface area contributed by atoms with Crippen LogP contribution in [0.25, 0.3) is 20.4 Å². The molecular formula is C36H40Cl3N5O6S2. The minimum Gasteiger partial charge on any atom is -0.469 e. The summed E-state index contributed by atoms with van der Waals surface area (Å²) in [5.74, 6) is 3.56. The number of nitrogens with zero attached hydrogens (tertiary/aromatic N) is 4. The van der Waals surface area contributed by atoms with Gasteiger partial charge in [0.1, 0.15) is 32.3 Å². The van der Waals surface area contributed by atoms with Gasteiger partial charge in [-0.2, -0.15) is 0 Å². The number of aryl methyl sites for hydroxylation is 2. The van der Waals surface area contributed by atoms with Crippen molar-refractivity contribution in [1.29, 1.82) is 0 Å². The van der Waals surface area contributed by atoms with Gasteiger partial charge >= 0.3 is 11.9 Å². The third-order valence-corrected chi connectivity index (χ3v) is 10.8. The highest BCUT2D eigenvalue weighted by Crippen LogP contribution is 2.35. The molecule has 0 amide bonds. The molecule has 0 atom stereocenters. The largest absolute Gasteiger partial charge is 0.469 e. The topological polar surface area (TPSA) is 135 Å². The van der Waals surface area contributed by atoms with Gasteiger partial charge in [0, 0.05) is 32.2 Å². The fraction of sp³-hybridized carbons (Fsp3) is 0.444. The van der Waals surface area contributed by atoms with Gasteiger partial charge in [-0.25, -0.2) is 19.9 Å². The molecule has 5 heterocycles. The molecule has 0 radical (unpaired) electrons. The number of fused-ring (bicyclic) bond motifs is 3. The van der Waals surface area contributed by atoms with Crippen LogP contribution in [0.15, 0.2) is 30.3 Å². The fourth-order valence-corrected chi connectivity index (χ4v) is 7.96. The summed E-state index contributed by atoms with van der Waals surface area (Å²) in [5, 5.41) is 5.63. The van der Waals surface area contributed by atoms with Crippen LogP contribution < -0.4 is 14.8 Å². The summed E-state index contributed by atoms with van der Waals surface area (Å²) in [4.78, 5) is 42.1. The van der Waals surface area contributed by atoms with Crippen molar-refractivity contribution in [1.82, 2.24) is 19.9 Å². The summed E-state index contributed by atoms with van der Waals surface area (Å²) >= 11 is 21.2. The second-order valence-electron chi connectivity index (χ2n) is 12.0. The molecule has 0 aliphatic carbocycles. The van der Waals surface area contributed by atoms with Crippen LogP contribution in [-0.2, 0) is 38.4 Å². The van der Waals surface area contributed by atoms with E-state index in [1.54, 1.807) is 6.07 Å². The number of unbranched alkanes of at least 4 members (excludes halogenated alkanes) is 6. The molecule has 4 aromatic heterocycles. The standard InChI is InChI=1S/C22H24ClN3O4S.C14H16Cl2N2O2S/c1-28-20(27)7-5-3-2-4-6-19-25-21(15-11-18(23)31-22(15)26-19)24-12-14-8-9-16-17(10-14)30-13-29-16;1-20-12(19)7-5-3-2-4-6-11-17-13(16)9-8-10(15)21-14(9)18-11/h8-11H,2-7,12-13H2,1H3,(H,24,25,26);8H,2-7H2,1H3. The average Bonchev–Trinajstić information content (AvgIpc) is 3.87. The Balaban J connectivity index is 0.000000217. The Bertz CT molecular complexity index is 1970. The molecule has 0 saturated heterocycles. The monoisotopic (exact) mass is 807 g/mol. The van der Waals surface area contributed by atoms with Gasteiger partial charge in [-0.1, -0.05) is 66.6 Å². The van der Waals surface area contributed by atoms with E-state index in [4.69, 9.17) is 54.2 Å². The summed E-state index contributed by atoms with van der Waals surface area (Å²) in [6.07, 6.45) is 10.2. The van der Waals surface area contributed by atoms with E-state index in [2.05, 4.69) is 24.8 Å². The van der Waals surface area contributed by atoms with Crippen LogP contribution in [0.2, 0.25) is 13.8 Å². The van der Waals surface area contributed by atoms with Crippen LogP contribution in [0.4, 0.5) is 5.82 Å². The molecule has 5 aromatic rings. The number of carbonyl (C=O) groups excluding carboxylic acids is 2. The van der Waals surface area contributed by atoms with Crippen molar-refractivity contribution in [3.05, 3.63) is 61.4 Å². The van der Waals surface area contributed by atoms with Crippen molar-refractivity contribution in [2.45, 2.75) is 83.6 Å². The lowest BCUT2D eigenvalue weighted by Gasteiger charge is -2.10. The lowest BCUT2D eigenvalue weighted by molar-refractivity contribution is -0.141. The number of anilines is 1. The number of rotatable bonds is 17. The van der Waals surface area contributed by atoms with Gasteiger partial charge < -0.3 is 24.3 Å². The summed E-state index contributed by atoms with van der Waals surface area (Å²) in [5.41, 5.74) is 1.07. The van der Waals surface area contributed by atoms with Crippen molar-refractivity contribution in [3.8, 4) is 11.5 Å². The number of thiophene rings is 2. The Morgan fingerprint density at radius 1 is 0.712 bits per heavy atom. The number of esters is 2. The van der Waals surface area contributed by atoms with Crippen molar-refractivity contribution in [3.63, 3.8) is 0 Å². The Kier molecular flexibility index (Phi) is 15.3. The second kappa shape index (κ2) is 20.1. The van der Waals surface area contributed by atoms with Gasteiger partial charge in [0.05, 0.1) is 33.7 Å². The zero-order valence-corrected chi connectivity index (χ0v) is 32.9. The molecule has 0 fully saturated rings. The van der Waals surface area contributed by atoms with Crippen molar-refractivity contribution < 1.29 is 28.5 Å². The molecule has 0 unspecified atom stereocenters. The zero-order valence-electron chi connectivity index (χ0n) is 29.0. The van der Waals surface area contributed by atoms with E-state index in [0.29, 0.717) is 33.2 Å². The van der Waals surface area contributed by atoms with Crippen LogP contribution in [0, 0.1) is 0 Å². The molecule has 0 bridgehead atoms. The molecule has 52 heavy (non-hydrogen) atoms. The van der Waals surface area contributed by atoms with Crippen molar-refractivity contribution in [2.24, 2.45) is 0 Å². The molecule has 16 heteroatoms. The zero-order chi connectivity index (χ0) is 36.9. The van der Waals surface area contributed by atoms with E-state index in [-0.39, 0.29) is 18.7 Å². The molecule has 0 spiro atoms. The van der Waals surface area contributed by atoms with Gasteiger partial charge in [0.2, 0.25) is 6.79 Å². The molecule has 1 aliphatic rings. The second-order valence-corrected chi connectivity index (χ2v) is 15.7. The molecule has 11 nitrogen and oxygen atoms in total. The first-order valence-electron chi connectivity index (χ1n) is 17.1. The first-order chi connectivity index (χ1) is 25.2. The molecule has 0 saturated carbocycles. The van der Waals surface area contributed by atoms with Crippen LogP contribution in [0.1, 0.15) is 81.4 Å². The Morgan fingerprint density at radius 2 is 1.27 bits per heavy atom. The normalized spacial score (nSPS) is 11.8. The molecule has 6 rings (SSSR count). The SMILES string of the molecule is COC(=O)CCCCCCc1nc(Cl)c2cc(Cl)sc2n1.COC(=O)CCCCCCc1nc(NCc2ccc3c(c2)OCO3)c2cc(Cl)sc2n1. The minimum atomic E-state index is -0.151.